The van der Waals surface area contributed by atoms with E-state index in [9.17, 15) is 14.0 Å². The van der Waals surface area contributed by atoms with Crippen molar-refractivity contribution < 1.29 is 14.0 Å². The van der Waals surface area contributed by atoms with Crippen molar-refractivity contribution in [2.45, 2.75) is 6.42 Å². The molecular weight excluding hydrogens is 337 g/mol. The van der Waals surface area contributed by atoms with Gasteiger partial charge in [0.25, 0.3) is 11.8 Å². The second kappa shape index (κ2) is 6.96. The molecule has 0 saturated carbocycles. The zero-order valence-electron chi connectivity index (χ0n) is 12.7. The molecule has 2 amide bonds. The number of nitrogens with zero attached hydrogens (tertiary/aromatic N) is 4. The third-order valence-corrected chi connectivity index (χ3v) is 4.18. The average Bonchev–Trinajstić information content (AvgIpc) is 2.98. The van der Waals surface area contributed by atoms with Crippen molar-refractivity contribution in [3.63, 3.8) is 0 Å². The summed E-state index contributed by atoms with van der Waals surface area (Å²) < 4.78 is 13.1. The van der Waals surface area contributed by atoms with Gasteiger partial charge in [-0.3, -0.25) is 9.59 Å². The van der Waals surface area contributed by atoms with Crippen LogP contribution in [0.5, 0.6) is 0 Å². The SMILES string of the molecule is O=C(c1cn[nH]n1)N1CCCN(C(=O)c2ccc(F)cc2Cl)CC1. The fraction of sp³-hybridized carbons (Fsp3) is 0.333. The van der Waals surface area contributed by atoms with E-state index in [0.29, 0.717) is 32.6 Å². The molecule has 2 aromatic rings. The highest BCUT2D eigenvalue weighted by Crippen LogP contribution is 2.20. The molecule has 0 aliphatic carbocycles. The van der Waals surface area contributed by atoms with Crippen LogP contribution in [0.4, 0.5) is 4.39 Å². The van der Waals surface area contributed by atoms with E-state index in [2.05, 4.69) is 15.4 Å². The van der Waals surface area contributed by atoms with E-state index in [1.165, 1.54) is 18.3 Å². The number of rotatable bonds is 2. The van der Waals surface area contributed by atoms with Crippen molar-refractivity contribution in [1.82, 2.24) is 25.2 Å². The predicted octanol–water partition coefficient (Wildman–Crippen LogP) is 1.59. The lowest BCUT2D eigenvalue weighted by molar-refractivity contribution is 0.0715. The van der Waals surface area contributed by atoms with E-state index in [0.717, 1.165) is 6.07 Å². The highest BCUT2D eigenvalue weighted by molar-refractivity contribution is 6.33. The number of halogens is 2. The first-order valence-electron chi connectivity index (χ1n) is 7.45. The summed E-state index contributed by atoms with van der Waals surface area (Å²) in [5, 5.41) is 9.90. The molecule has 1 saturated heterocycles. The normalized spacial score (nSPS) is 15.2. The maximum atomic E-state index is 13.1. The predicted molar refractivity (Wildman–Crippen MR) is 84.2 cm³/mol. The second-order valence-corrected chi connectivity index (χ2v) is 5.82. The number of hydrogen-bond acceptors (Lipinski definition) is 4. The number of carbonyl (C=O) groups excluding carboxylic acids is 2. The van der Waals surface area contributed by atoms with Gasteiger partial charge in [0.1, 0.15) is 5.82 Å². The van der Waals surface area contributed by atoms with Crippen LogP contribution in [0.2, 0.25) is 5.02 Å². The molecule has 7 nitrogen and oxygen atoms in total. The van der Waals surface area contributed by atoms with Gasteiger partial charge in [-0.1, -0.05) is 11.6 Å². The van der Waals surface area contributed by atoms with Crippen LogP contribution < -0.4 is 0 Å². The van der Waals surface area contributed by atoms with E-state index in [1.807, 2.05) is 0 Å². The number of benzene rings is 1. The Morgan fingerprint density at radius 3 is 2.46 bits per heavy atom. The quantitative estimate of drug-likeness (QED) is 0.890. The summed E-state index contributed by atoms with van der Waals surface area (Å²) in [7, 11) is 0. The number of carbonyl (C=O) groups is 2. The smallest absolute Gasteiger partial charge is 0.276 e. The van der Waals surface area contributed by atoms with Gasteiger partial charge < -0.3 is 9.80 Å². The van der Waals surface area contributed by atoms with Crippen molar-refractivity contribution in [3.8, 4) is 0 Å². The summed E-state index contributed by atoms with van der Waals surface area (Å²) in [4.78, 5) is 28.1. The van der Waals surface area contributed by atoms with Crippen molar-refractivity contribution in [2.75, 3.05) is 26.2 Å². The zero-order valence-corrected chi connectivity index (χ0v) is 13.5. The molecule has 0 bridgehead atoms. The van der Waals surface area contributed by atoms with Gasteiger partial charge in [0, 0.05) is 26.2 Å². The summed E-state index contributed by atoms with van der Waals surface area (Å²) in [6.07, 6.45) is 2.00. The molecule has 9 heteroatoms. The minimum absolute atomic E-state index is 0.0831. The molecule has 1 aliphatic heterocycles. The Morgan fingerprint density at radius 2 is 1.83 bits per heavy atom. The lowest BCUT2D eigenvalue weighted by Gasteiger charge is -2.22. The topological polar surface area (TPSA) is 82.2 Å². The molecule has 0 unspecified atom stereocenters. The third kappa shape index (κ3) is 3.38. The minimum Gasteiger partial charge on any atom is -0.337 e. The Hall–Kier alpha value is -2.48. The number of nitrogens with one attached hydrogen (secondary N) is 1. The van der Waals surface area contributed by atoms with Gasteiger partial charge in [-0.25, -0.2) is 4.39 Å². The van der Waals surface area contributed by atoms with Crippen LogP contribution >= 0.6 is 11.6 Å². The van der Waals surface area contributed by atoms with Crippen LogP contribution in [0.1, 0.15) is 27.3 Å². The molecule has 3 rings (SSSR count). The third-order valence-electron chi connectivity index (χ3n) is 3.87. The van der Waals surface area contributed by atoms with Crippen LogP contribution in [0, 0.1) is 5.82 Å². The highest BCUT2D eigenvalue weighted by atomic mass is 35.5. The van der Waals surface area contributed by atoms with Crippen molar-refractivity contribution in [3.05, 3.63) is 46.5 Å². The first-order chi connectivity index (χ1) is 11.6. The second-order valence-electron chi connectivity index (χ2n) is 5.42. The standard InChI is InChI=1S/C15H15ClFN5O2/c16-12-8-10(17)2-3-11(12)14(23)21-4-1-5-22(7-6-21)15(24)13-9-18-20-19-13/h2-3,8-9H,1,4-7H2,(H,18,19,20). The van der Waals surface area contributed by atoms with E-state index in [4.69, 9.17) is 11.6 Å². The van der Waals surface area contributed by atoms with E-state index >= 15 is 0 Å². The number of aromatic amines is 1. The Labute approximate surface area is 142 Å². The number of aromatic nitrogens is 3. The zero-order chi connectivity index (χ0) is 17.1. The summed E-state index contributed by atoms with van der Waals surface area (Å²) in [5.41, 5.74) is 0.505. The van der Waals surface area contributed by atoms with Crippen molar-refractivity contribution in [1.29, 1.82) is 0 Å². The summed E-state index contributed by atoms with van der Waals surface area (Å²) in [6.45, 7) is 1.77. The molecular formula is C15H15ClFN5O2. The fourth-order valence-electron chi connectivity index (χ4n) is 2.62. The maximum Gasteiger partial charge on any atom is 0.276 e. The maximum absolute atomic E-state index is 13.1. The highest BCUT2D eigenvalue weighted by Gasteiger charge is 2.25. The van der Waals surface area contributed by atoms with Crippen LogP contribution in [-0.2, 0) is 0 Å². The largest absolute Gasteiger partial charge is 0.337 e. The number of amides is 2. The van der Waals surface area contributed by atoms with Gasteiger partial charge in [0.05, 0.1) is 16.8 Å². The van der Waals surface area contributed by atoms with Gasteiger partial charge in [-0.05, 0) is 24.6 Å². The first kappa shape index (κ1) is 16.4. The van der Waals surface area contributed by atoms with Gasteiger partial charge in [-0.2, -0.15) is 15.4 Å². The monoisotopic (exact) mass is 351 g/mol. The molecule has 1 fully saturated rings. The van der Waals surface area contributed by atoms with E-state index in [1.54, 1.807) is 9.80 Å². The Morgan fingerprint density at radius 1 is 1.12 bits per heavy atom. The summed E-state index contributed by atoms with van der Waals surface area (Å²) in [5.74, 6) is -0.981. The molecule has 1 N–H and O–H groups in total. The minimum atomic E-state index is -0.489. The van der Waals surface area contributed by atoms with Gasteiger partial charge in [0.2, 0.25) is 0 Å². The van der Waals surface area contributed by atoms with Crippen molar-refractivity contribution >= 4 is 23.4 Å². The Balaban J connectivity index is 1.69. The summed E-state index contributed by atoms with van der Waals surface area (Å²) in [6, 6.07) is 3.70. The van der Waals surface area contributed by atoms with E-state index in [-0.39, 0.29) is 28.1 Å². The lowest BCUT2D eigenvalue weighted by atomic mass is 10.2. The molecule has 1 aliphatic rings. The summed E-state index contributed by atoms with van der Waals surface area (Å²) >= 11 is 5.96. The van der Waals surface area contributed by atoms with Gasteiger partial charge in [-0.15, -0.1) is 0 Å². The molecule has 126 valence electrons. The van der Waals surface area contributed by atoms with Crippen LogP contribution in [-0.4, -0.2) is 63.2 Å². The van der Waals surface area contributed by atoms with Crippen molar-refractivity contribution in [2.24, 2.45) is 0 Å². The molecule has 1 aromatic heterocycles. The lowest BCUT2D eigenvalue weighted by Crippen LogP contribution is -2.37. The average molecular weight is 352 g/mol. The van der Waals surface area contributed by atoms with Crippen LogP contribution in [0.15, 0.2) is 24.4 Å². The fourth-order valence-corrected chi connectivity index (χ4v) is 2.87. The molecule has 0 radical (unpaired) electrons. The van der Waals surface area contributed by atoms with Gasteiger partial charge in [0.15, 0.2) is 5.69 Å². The molecule has 2 heterocycles. The van der Waals surface area contributed by atoms with Gasteiger partial charge >= 0.3 is 0 Å². The molecule has 0 spiro atoms. The molecule has 24 heavy (non-hydrogen) atoms. The van der Waals surface area contributed by atoms with E-state index < -0.39 is 5.82 Å². The number of H-pyrrole nitrogens is 1. The van der Waals surface area contributed by atoms with Crippen LogP contribution in [0.3, 0.4) is 0 Å². The Kier molecular flexibility index (Phi) is 4.75. The Bertz CT molecular complexity index is 752. The molecule has 1 aromatic carbocycles. The first-order valence-corrected chi connectivity index (χ1v) is 7.83. The molecule has 0 atom stereocenters. The van der Waals surface area contributed by atoms with Crippen LogP contribution in [0.25, 0.3) is 0 Å². The number of hydrogen-bond donors (Lipinski definition) is 1.